The van der Waals surface area contributed by atoms with Crippen LogP contribution in [-0.2, 0) is 25.5 Å². The molecular formula is C89H122Cl2F2N6O7. The van der Waals surface area contributed by atoms with Gasteiger partial charge in [-0.1, -0.05) is 73.7 Å². The van der Waals surface area contributed by atoms with E-state index in [9.17, 15) is 9.18 Å². The SMILES string of the molecule is CCCC1CCC(N2CCC(OC)(c3cc(Cl)ccc3OC)CC2)CC1.CCOC(=O)N1C2CCC(N3CCC(c4cc(-c5ccc(C#N)cc5)ccc4OC)CC3)CC1CC2.COc1ccc(F)cc1C1(F)CCN(C2CCOCC2)CC1.Cc1ccc(Cl)cc1C1CCN(CC2C[C@H]3CCC2C3)CC1. The van der Waals surface area contributed by atoms with Crippen LogP contribution in [-0.4, -0.2) is 168 Å². The number of alkyl halides is 1. The summed E-state index contributed by atoms with van der Waals surface area (Å²) in [6.45, 7) is 18.1. The number of piperidine rings is 4. The number of benzene rings is 5. The van der Waals surface area contributed by atoms with E-state index in [0.29, 0.717) is 79.5 Å². The summed E-state index contributed by atoms with van der Waals surface area (Å²) in [5, 5.41) is 10.7. The molecule has 15 rings (SSSR count). The van der Waals surface area contributed by atoms with Crippen LogP contribution in [0.15, 0.2) is 97.1 Å². The van der Waals surface area contributed by atoms with E-state index in [-0.39, 0.29) is 11.7 Å². The highest BCUT2D eigenvalue weighted by Gasteiger charge is 2.46. The Kier molecular flexibility index (Phi) is 28.6. The maximum Gasteiger partial charge on any atom is 0.410 e. The van der Waals surface area contributed by atoms with E-state index in [1.165, 1.54) is 139 Å². The zero-order valence-electron chi connectivity index (χ0n) is 64.8. The minimum Gasteiger partial charge on any atom is -0.496 e. The maximum atomic E-state index is 15.4. The first-order valence-electron chi connectivity index (χ1n) is 40.9. The summed E-state index contributed by atoms with van der Waals surface area (Å²) in [4.78, 5) is 25.1. The molecule has 0 aromatic heterocycles. The van der Waals surface area contributed by atoms with E-state index >= 15 is 4.39 Å². The molecular weight excluding hydrogens is 1370 g/mol. The topological polar surface area (TPSA) is 112 Å². The second kappa shape index (κ2) is 37.9. The molecule has 578 valence electrons. The van der Waals surface area contributed by atoms with Gasteiger partial charge in [0.05, 0.1) is 45.2 Å². The minimum absolute atomic E-state index is 0.112. The maximum absolute atomic E-state index is 15.4. The molecule has 1 amide bonds. The summed E-state index contributed by atoms with van der Waals surface area (Å²) >= 11 is 12.5. The number of hydrogen-bond donors (Lipinski definition) is 0. The Hall–Kier alpha value is -5.54. The Labute approximate surface area is 643 Å². The first kappa shape index (κ1) is 80.0. The number of amides is 1. The Balaban J connectivity index is 0.000000135. The number of carbonyl (C=O) groups is 1. The Bertz CT molecular complexity index is 3650. The molecule has 0 spiro atoms. The largest absolute Gasteiger partial charge is 0.496 e. The van der Waals surface area contributed by atoms with Gasteiger partial charge < -0.3 is 48.0 Å². The summed E-state index contributed by atoms with van der Waals surface area (Å²) in [6, 6.07) is 35.3. The number of ether oxygens (including phenoxy) is 6. The van der Waals surface area contributed by atoms with Crippen molar-refractivity contribution in [2.24, 2.45) is 23.7 Å². The molecule has 5 aromatic rings. The van der Waals surface area contributed by atoms with Gasteiger partial charge in [0.25, 0.3) is 0 Å². The third kappa shape index (κ3) is 19.6. The molecule has 0 N–H and O–H groups in total. The number of halogens is 4. The van der Waals surface area contributed by atoms with Gasteiger partial charge in [-0.25, -0.2) is 13.6 Å². The summed E-state index contributed by atoms with van der Waals surface area (Å²) < 4.78 is 62.4. The standard InChI is InChI=1S/C30H37N3O3.C22H34ClNO2.C20H28ClN.C17H23F2NO2/c1-3-36-30(34)33-25-9-11-26(19-27(33)12-10-25)32-16-14-23(15-17-32)28-18-24(8-13-29(28)35-2)22-6-4-21(20-31)5-7-22;1-4-5-17-6-9-19(10-7-17)24-14-12-22(26-3,13-15-24)20-16-18(23)8-11-21(20)25-2;1-14-2-5-19(21)12-20(14)16-6-8-22(9-7-16)13-18-11-15-3-4-17(18)10-15;1-21-16-3-2-13(18)12-15(16)17(19)6-8-20(9-7-17)14-4-10-22-11-5-14/h4-8,13,18,23,25-27H,3,9-12,14-17,19H2,1-2H3;8,11,16-17,19H,4-7,9-10,12-15H2,1-3H3;2,5,12,15-18H,3-4,6-11,13H2,1H3;2-3,12,14H,4-11H2,1H3/t;;15-,17?,18?;/m..0./s1. The highest BCUT2D eigenvalue weighted by atomic mass is 35.5. The van der Waals surface area contributed by atoms with Gasteiger partial charge in [0.1, 0.15) is 28.7 Å². The van der Waals surface area contributed by atoms with Gasteiger partial charge in [-0.3, -0.25) is 4.90 Å². The first-order chi connectivity index (χ1) is 51.5. The minimum atomic E-state index is -1.50. The fraction of sp³-hybridized carbons (Fsp3) is 0.640. The van der Waals surface area contributed by atoms with E-state index in [0.717, 1.165) is 177 Å². The second-order valence-electron chi connectivity index (χ2n) is 32.7. The van der Waals surface area contributed by atoms with Gasteiger partial charge >= 0.3 is 6.09 Å². The summed E-state index contributed by atoms with van der Waals surface area (Å²) in [5.74, 6) is 7.18. The monoisotopic (exact) mass is 1490 g/mol. The quantitative estimate of drug-likeness (QED) is 0.0883. The number of nitriles is 1. The molecule has 10 aliphatic rings. The molecule has 4 bridgehead atoms. The van der Waals surface area contributed by atoms with Crippen molar-refractivity contribution in [3.8, 4) is 34.4 Å². The molecule has 17 heteroatoms. The van der Waals surface area contributed by atoms with Crippen molar-refractivity contribution in [2.75, 3.05) is 107 Å². The van der Waals surface area contributed by atoms with E-state index in [1.807, 2.05) is 62.6 Å². The number of fused-ring (bicyclic) bond motifs is 4. The third-order valence-electron chi connectivity index (χ3n) is 26.8. The lowest BCUT2D eigenvalue weighted by molar-refractivity contribution is -0.0734. The van der Waals surface area contributed by atoms with E-state index in [4.69, 9.17) is 56.9 Å². The predicted octanol–water partition coefficient (Wildman–Crippen LogP) is 20.1. The Morgan fingerprint density at radius 1 is 0.566 bits per heavy atom. The van der Waals surface area contributed by atoms with Crippen molar-refractivity contribution in [1.82, 2.24) is 24.5 Å². The molecule has 6 atom stereocenters. The Morgan fingerprint density at radius 2 is 1.14 bits per heavy atom. The molecule has 7 saturated heterocycles. The van der Waals surface area contributed by atoms with Gasteiger partial charge in [-0.15, -0.1) is 0 Å². The molecule has 5 unspecified atom stereocenters. The average Bonchev–Trinajstić information content (AvgIpc) is 1.06. The normalized spacial score (nSPS) is 26.6. The van der Waals surface area contributed by atoms with E-state index in [2.05, 4.69) is 74.7 Å². The van der Waals surface area contributed by atoms with Gasteiger partial charge in [0.15, 0.2) is 0 Å². The van der Waals surface area contributed by atoms with Crippen molar-refractivity contribution in [1.29, 1.82) is 5.26 Å². The van der Waals surface area contributed by atoms with Crippen molar-refractivity contribution < 1.29 is 42.0 Å². The average molecular weight is 1500 g/mol. The lowest BCUT2D eigenvalue weighted by Gasteiger charge is -2.45. The number of nitrogens with zero attached hydrogens (tertiary/aromatic N) is 6. The van der Waals surface area contributed by atoms with Crippen molar-refractivity contribution >= 4 is 29.3 Å². The number of rotatable bonds is 17. The van der Waals surface area contributed by atoms with Crippen molar-refractivity contribution in [2.45, 2.75) is 235 Å². The smallest absolute Gasteiger partial charge is 0.410 e. The van der Waals surface area contributed by atoms with Crippen molar-refractivity contribution in [3.63, 3.8) is 0 Å². The fourth-order valence-electron chi connectivity index (χ4n) is 20.7. The van der Waals surface area contributed by atoms with Crippen LogP contribution in [0.25, 0.3) is 11.1 Å². The summed E-state index contributed by atoms with van der Waals surface area (Å²) in [6.07, 6.45) is 29.5. The molecule has 0 radical (unpaired) electrons. The lowest BCUT2D eigenvalue weighted by atomic mass is 9.80. The molecule has 3 saturated carbocycles. The number of aryl methyl sites for hydroxylation is 1. The van der Waals surface area contributed by atoms with Crippen LogP contribution in [0.5, 0.6) is 17.2 Å². The van der Waals surface area contributed by atoms with Gasteiger partial charge in [0.2, 0.25) is 0 Å². The van der Waals surface area contributed by atoms with Gasteiger partial charge in [-0.2, -0.15) is 5.26 Å². The molecule has 7 heterocycles. The van der Waals surface area contributed by atoms with E-state index in [1.54, 1.807) is 20.6 Å². The molecule has 3 aliphatic carbocycles. The highest BCUT2D eigenvalue weighted by molar-refractivity contribution is 6.31. The van der Waals surface area contributed by atoms with Crippen LogP contribution in [0.1, 0.15) is 220 Å². The van der Waals surface area contributed by atoms with Crippen LogP contribution in [0, 0.1) is 47.7 Å². The number of hydrogen-bond acceptors (Lipinski definition) is 12. The lowest BCUT2D eigenvalue weighted by Crippen LogP contribution is -2.48. The van der Waals surface area contributed by atoms with Crippen LogP contribution in [0.3, 0.4) is 0 Å². The van der Waals surface area contributed by atoms with Crippen molar-refractivity contribution in [3.05, 3.63) is 146 Å². The van der Waals surface area contributed by atoms with Gasteiger partial charge in [-0.05, 0) is 317 Å². The number of likely N-dealkylation sites (tertiary alicyclic amines) is 4. The zero-order chi connectivity index (χ0) is 74.3. The zero-order valence-corrected chi connectivity index (χ0v) is 66.3. The summed E-state index contributed by atoms with van der Waals surface area (Å²) in [5.41, 5.74) is 6.81. The fourth-order valence-corrected chi connectivity index (χ4v) is 21.1. The molecule has 106 heavy (non-hydrogen) atoms. The van der Waals surface area contributed by atoms with Crippen LogP contribution >= 0.6 is 23.2 Å². The number of methoxy groups -OCH3 is 4. The molecule has 10 fully saturated rings. The number of carbonyl (C=O) groups excluding carboxylic acids is 1. The summed E-state index contributed by atoms with van der Waals surface area (Å²) in [7, 11) is 6.80. The molecule has 5 aromatic carbocycles. The van der Waals surface area contributed by atoms with Crippen LogP contribution in [0.4, 0.5) is 13.6 Å². The second-order valence-corrected chi connectivity index (χ2v) is 33.5. The molecule has 7 aliphatic heterocycles. The van der Waals surface area contributed by atoms with Crippen LogP contribution < -0.4 is 14.2 Å². The third-order valence-corrected chi connectivity index (χ3v) is 27.3. The first-order valence-corrected chi connectivity index (χ1v) is 41.6. The predicted molar refractivity (Wildman–Crippen MR) is 422 cm³/mol. The van der Waals surface area contributed by atoms with Crippen LogP contribution in [0.2, 0.25) is 10.0 Å². The Morgan fingerprint density at radius 3 is 1.77 bits per heavy atom. The van der Waals surface area contributed by atoms with E-state index < -0.39 is 11.5 Å². The molecule has 13 nitrogen and oxygen atoms in total. The highest BCUT2D eigenvalue weighted by Crippen LogP contribution is 2.50. The van der Waals surface area contributed by atoms with Gasteiger partial charge in [0, 0.05) is 104 Å².